The number of sulfonamides is 1. The molecule has 0 aromatic heterocycles. The summed E-state index contributed by atoms with van der Waals surface area (Å²) >= 11 is 0. The van der Waals surface area contributed by atoms with Crippen molar-refractivity contribution in [2.24, 2.45) is 17.8 Å². The van der Waals surface area contributed by atoms with Gasteiger partial charge in [-0.2, -0.15) is 0 Å². The number of amides is 2. The van der Waals surface area contributed by atoms with Crippen molar-refractivity contribution in [1.82, 2.24) is 10.2 Å². The molecule has 4 fully saturated rings. The summed E-state index contributed by atoms with van der Waals surface area (Å²) < 4.78 is 32.5. The Labute approximate surface area is 250 Å². The molecule has 1 unspecified atom stereocenters. The first-order valence-electron chi connectivity index (χ1n) is 15.3. The first-order chi connectivity index (χ1) is 20.0. The molecular formula is C33H45N3O5S. The molecule has 0 radical (unpaired) electrons. The fourth-order valence-electron chi connectivity index (χ4n) is 7.97. The van der Waals surface area contributed by atoms with Gasteiger partial charge in [0.05, 0.1) is 19.1 Å². The van der Waals surface area contributed by atoms with Gasteiger partial charge in [0.1, 0.15) is 18.3 Å². The minimum atomic E-state index is -3.78. The first-order valence-corrected chi connectivity index (χ1v) is 17.1. The van der Waals surface area contributed by atoms with Gasteiger partial charge < -0.3 is 15.0 Å². The topological polar surface area (TPSA) is 96.0 Å². The van der Waals surface area contributed by atoms with Crippen molar-refractivity contribution >= 4 is 27.5 Å². The highest BCUT2D eigenvalue weighted by molar-refractivity contribution is 7.92. The lowest BCUT2D eigenvalue weighted by Crippen LogP contribution is -2.51. The van der Waals surface area contributed by atoms with E-state index in [1.165, 1.54) is 49.0 Å². The van der Waals surface area contributed by atoms with Gasteiger partial charge in [-0.25, -0.2) is 8.42 Å². The molecule has 0 saturated heterocycles. The Morgan fingerprint density at radius 1 is 0.976 bits per heavy atom. The Balaban J connectivity index is 1.37. The van der Waals surface area contributed by atoms with Crippen LogP contribution in [-0.4, -0.2) is 57.6 Å². The third-order valence-corrected chi connectivity index (χ3v) is 10.9. The van der Waals surface area contributed by atoms with E-state index in [9.17, 15) is 18.0 Å². The van der Waals surface area contributed by atoms with E-state index in [4.69, 9.17) is 4.74 Å². The molecule has 0 heterocycles. The van der Waals surface area contributed by atoms with Crippen molar-refractivity contribution in [3.8, 4) is 5.75 Å². The maximum absolute atomic E-state index is 13.8. The van der Waals surface area contributed by atoms with Gasteiger partial charge in [0.25, 0.3) is 0 Å². The fourth-order valence-corrected chi connectivity index (χ4v) is 8.81. The second-order valence-corrected chi connectivity index (χ2v) is 14.8. The zero-order valence-corrected chi connectivity index (χ0v) is 26.2. The molecule has 9 heteroatoms. The number of carbonyl (C=O) groups excluding carboxylic acids is 2. The average Bonchev–Trinajstić information content (AvgIpc) is 2.96. The number of nitrogens with zero attached hydrogens (tertiary/aromatic N) is 2. The predicted molar refractivity (Wildman–Crippen MR) is 165 cm³/mol. The predicted octanol–water partition coefficient (Wildman–Crippen LogP) is 4.87. The average molecular weight is 596 g/mol. The van der Waals surface area contributed by atoms with E-state index < -0.39 is 28.5 Å². The van der Waals surface area contributed by atoms with Gasteiger partial charge in [0.15, 0.2) is 0 Å². The molecule has 8 nitrogen and oxygen atoms in total. The number of rotatable bonds is 12. The Bertz CT molecular complexity index is 1340. The van der Waals surface area contributed by atoms with Crippen LogP contribution in [0, 0.1) is 17.8 Å². The minimum absolute atomic E-state index is 0.159. The SMILES string of the molecule is CCCNC(=O)C(C)N(Cc1ccc(OC)cc1)C(=O)CN(c1ccc(C23CC4CC(CC(C4)C2)C3)cc1)S(C)(=O)=O. The summed E-state index contributed by atoms with van der Waals surface area (Å²) in [6, 6.07) is 14.4. The van der Waals surface area contributed by atoms with Crippen LogP contribution >= 0.6 is 0 Å². The highest BCUT2D eigenvalue weighted by Crippen LogP contribution is 2.60. The van der Waals surface area contributed by atoms with Gasteiger partial charge >= 0.3 is 0 Å². The minimum Gasteiger partial charge on any atom is -0.497 e. The summed E-state index contributed by atoms with van der Waals surface area (Å²) in [5, 5.41) is 2.86. The van der Waals surface area contributed by atoms with Crippen molar-refractivity contribution in [1.29, 1.82) is 0 Å². The lowest BCUT2D eigenvalue weighted by molar-refractivity contribution is -0.139. The highest BCUT2D eigenvalue weighted by Gasteiger charge is 2.51. The molecule has 4 aliphatic carbocycles. The van der Waals surface area contributed by atoms with Crippen LogP contribution in [0.5, 0.6) is 5.75 Å². The summed E-state index contributed by atoms with van der Waals surface area (Å²) in [5.74, 6) is 2.41. The normalized spacial score (nSPS) is 25.1. The van der Waals surface area contributed by atoms with Crippen LogP contribution in [0.1, 0.15) is 69.9 Å². The van der Waals surface area contributed by atoms with Crippen molar-refractivity contribution in [2.45, 2.75) is 76.8 Å². The molecule has 0 aliphatic heterocycles. The number of hydrogen-bond donors (Lipinski definition) is 1. The molecule has 4 aliphatic rings. The van der Waals surface area contributed by atoms with Gasteiger partial charge in [-0.3, -0.25) is 13.9 Å². The van der Waals surface area contributed by atoms with Crippen molar-refractivity contribution in [3.05, 3.63) is 59.7 Å². The van der Waals surface area contributed by atoms with E-state index in [0.717, 1.165) is 40.3 Å². The molecule has 228 valence electrons. The zero-order valence-electron chi connectivity index (χ0n) is 25.3. The summed E-state index contributed by atoms with van der Waals surface area (Å²) in [6.07, 6.45) is 9.67. The Hall–Kier alpha value is -3.07. The Kier molecular flexibility index (Phi) is 8.88. The Morgan fingerprint density at radius 2 is 1.55 bits per heavy atom. The van der Waals surface area contributed by atoms with E-state index in [1.54, 1.807) is 26.2 Å². The van der Waals surface area contributed by atoms with Crippen LogP contribution in [0.2, 0.25) is 0 Å². The van der Waals surface area contributed by atoms with Crippen LogP contribution in [0.4, 0.5) is 5.69 Å². The lowest BCUT2D eigenvalue weighted by atomic mass is 9.48. The molecule has 4 bridgehead atoms. The molecule has 4 saturated carbocycles. The van der Waals surface area contributed by atoms with E-state index in [2.05, 4.69) is 17.4 Å². The van der Waals surface area contributed by atoms with Crippen molar-refractivity contribution in [2.75, 3.05) is 30.8 Å². The molecule has 1 N–H and O–H groups in total. The molecule has 0 spiro atoms. The van der Waals surface area contributed by atoms with E-state index in [0.29, 0.717) is 18.0 Å². The Morgan fingerprint density at radius 3 is 2.05 bits per heavy atom. The van der Waals surface area contributed by atoms with Crippen LogP contribution in [0.3, 0.4) is 0 Å². The number of carbonyl (C=O) groups is 2. The standard InChI is InChI=1S/C33H45N3O5S/c1-5-14-34-32(38)23(2)35(21-24-6-12-30(41-3)13-7-24)31(37)22-36(42(4,39)40)29-10-8-28(9-11-29)33-18-25-15-26(19-33)17-27(16-25)20-33/h6-13,23,25-27H,5,14-22H2,1-4H3,(H,34,38). The molecular weight excluding hydrogens is 550 g/mol. The highest BCUT2D eigenvalue weighted by atomic mass is 32.2. The van der Waals surface area contributed by atoms with E-state index in [1.807, 2.05) is 31.2 Å². The summed E-state index contributed by atoms with van der Waals surface area (Å²) in [6.45, 7) is 3.91. The third kappa shape index (κ3) is 6.46. The maximum Gasteiger partial charge on any atom is 0.244 e. The molecule has 42 heavy (non-hydrogen) atoms. The van der Waals surface area contributed by atoms with Crippen LogP contribution in [-0.2, 0) is 31.6 Å². The molecule has 2 amide bonds. The van der Waals surface area contributed by atoms with Gasteiger partial charge in [0.2, 0.25) is 21.8 Å². The van der Waals surface area contributed by atoms with Gasteiger partial charge in [0, 0.05) is 13.1 Å². The van der Waals surface area contributed by atoms with Gasteiger partial charge in [-0.05, 0) is 110 Å². The number of ether oxygens (including phenoxy) is 1. The van der Waals surface area contributed by atoms with E-state index >= 15 is 0 Å². The molecule has 2 aromatic rings. The van der Waals surface area contributed by atoms with E-state index in [-0.39, 0.29) is 17.9 Å². The van der Waals surface area contributed by atoms with Crippen LogP contribution in [0.15, 0.2) is 48.5 Å². The molecule has 2 aromatic carbocycles. The maximum atomic E-state index is 13.8. The quantitative estimate of drug-likeness (QED) is 0.378. The number of nitrogens with one attached hydrogen (secondary N) is 1. The second-order valence-electron chi connectivity index (χ2n) is 12.9. The fraction of sp³-hybridized carbons (Fsp3) is 0.576. The number of benzene rings is 2. The first kappa shape index (κ1) is 30.4. The summed E-state index contributed by atoms with van der Waals surface area (Å²) in [5.41, 5.74) is 2.78. The third-order valence-electron chi connectivity index (χ3n) is 9.71. The summed E-state index contributed by atoms with van der Waals surface area (Å²) in [7, 11) is -2.19. The largest absolute Gasteiger partial charge is 0.497 e. The molecule has 6 rings (SSSR count). The summed E-state index contributed by atoms with van der Waals surface area (Å²) in [4.78, 5) is 28.2. The number of methoxy groups -OCH3 is 1. The van der Waals surface area contributed by atoms with Crippen molar-refractivity contribution in [3.63, 3.8) is 0 Å². The van der Waals surface area contributed by atoms with Crippen LogP contribution < -0.4 is 14.4 Å². The monoisotopic (exact) mass is 595 g/mol. The number of hydrogen-bond acceptors (Lipinski definition) is 5. The lowest BCUT2D eigenvalue weighted by Gasteiger charge is -2.57. The smallest absolute Gasteiger partial charge is 0.244 e. The van der Waals surface area contributed by atoms with Gasteiger partial charge in [-0.1, -0.05) is 31.2 Å². The second kappa shape index (κ2) is 12.3. The molecule has 1 atom stereocenters. The van der Waals surface area contributed by atoms with Crippen LogP contribution in [0.25, 0.3) is 0 Å². The zero-order chi connectivity index (χ0) is 30.1. The van der Waals surface area contributed by atoms with Crippen molar-refractivity contribution < 1.29 is 22.7 Å². The van der Waals surface area contributed by atoms with Gasteiger partial charge in [-0.15, -0.1) is 0 Å². The number of anilines is 1.